The Kier molecular flexibility index (Phi) is 4.58. The molecule has 0 saturated heterocycles. The maximum Gasteiger partial charge on any atom is 0.337 e. The zero-order valence-corrected chi connectivity index (χ0v) is 10.4. The van der Waals surface area contributed by atoms with E-state index >= 15 is 0 Å². The highest BCUT2D eigenvalue weighted by Crippen LogP contribution is 2.00. The van der Waals surface area contributed by atoms with Gasteiger partial charge >= 0.3 is 5.97 Å². The Balaban J connectivity index is 1.75. The molecule has 2 N–H and O–H groups in total. The summed E-state index contributed by atoms with van der Waals surface area (Å²) in [7, 11) is 0. The molecule has 0 unspecified atom stereocenters. The highest BCUT2D eigenvalue weighted by Gasteiger charge is 2.02. The van der Waals surface area contributed by atoms with Crippen molar-refractivity contribution < 1.29 is 9.90 Å². The number of aromatic carboxylic acids is 1. The van der Waals surface area contributed by atoms with Crippen LogP contribution in [0.3, 0.4) is 0 Å². The third kappa shape index (κ3) is 4.15. The molecule has 0 aliphatic rings. The molecule has 0 spiro atoms. The number of pyridine rings is 2. The van der Waals surface area contributed by atoms with Crippen LogP contribution < -0.4 is 5.32 Å². The third-order valence-electron chi connectivity index (χ3n) is 2.69. The van der Waals surface area contributed by atoms with Crippen molar-refractivity contribution in [3.05, 3.63) is 59.7 Å². The van der Waals surface area contributed by atoms with E-state index in [1.54, 1.807) is 18.3 Å². The predicted octanol–water partition coefficient (Wildman–Crippen LogP) is 1.51. The van der Waals surface area contributed by atoms with Crippen LogP contribution >= 0.6 is 0 Å². The quantitative estimate of drug-likeness (QED) is 0.767. The Morgan fingerprint density at radius 3 is 2.79 bits per heavy atom. The number of carboxylic acids is 1. The molecular formula is C14H15N3O2. The van der Waals surface area contributed by atoms with E-state index in [0.29, 0.717) is 6.54 Å². The van der Waals surface area contributed by atoms with Crippen molar-refractivity contribution >= 4 is 5.97 Å². The minimum atomic E-state index is -0.955. The van der Waals surface area contributed by atoms with Gasteiger partial charge in [-0.3, -0.25) is 9.97 Å². The lowest BCUT2D eigenvalue weighted by molar-refractivity contribution is 0.0696. The molecule has 0 aliphatic carbocycles. The minimum Gasteiger partial charge on any atom is -0.478 e. The first-order chi connectivity index (χ1) is 9.25. The van der Waals surface area contributed by atoms with Crippen molar-refractivity contribution in [1.29, 1.82) is 0 Å². The Labute approximate surface area is 111 Å². The van der Waals surface area contributed by atoms with Crippen LogP contribution in [0.15, 0.2) is 42.9 Å². The smallest absolute Gasteiger partial charge is 0.337 e. The van der Waals surface area contributed by atoms with E-state index in [0.717, 1.165) is 18.7 Å². The fraction of sp³-hybridized carbons (Fsp3) is 0.214. The largest absolute Gasteiger partial charge is 0.478 e. The van der Waals surface area contributed by atoms with Gasteiger partial charge in [0.05, 0.1) is 11.3 Å². The van der Waals surface area contributed by atoms with Crippen LogP contribution in [-0.4, -0.2) is 27.6 Å². The van der Waals surface area contributed by atoms with Crippen LogP contribution in [0.25, 0.3) is 0 Å². The number of hydrogen-bond acceptors (Lipinski definition) is 4. The lowest BCUT2D eigenvalue weighted by atomic mass is 10.2. The third-order valence-corrected chi connectivity index (χ3v) is 2.69. The molecule has 2 aromatic rings. The second-order valence-electron chi connectivity index (χ2n) is 4.13. The standard InChI is InChI=1S/C14H15N3O2/c18-14(19)12-3-4-13(17-9-12)10-16-7-5-11-2-1-6-15-8-11/h1-4,6,8-9,16H,5,7,10H2,(H,18,19). The van der Waals surface area contributed by atoms with Gasteiger partial charge in [0.15, 0.2) is 0 Å². The van der Waals surface area contributed by atoms with Gasteiger partial charge in [-0.25, -0.2) is 4.79 Å². The Morgan fingerprint density at radius 2 is 2.16 bits per heavy atom. The first-order valence-electron chi connectivity index (χ1n) is 6.03. The van der Waals surface area contributed by atoms with Crippen LogP contribution in [0.1, 0.15) is 21.6 Å². The van der Waals surface area contributed by atoms with E-state index in [1.165, 1.54) is 11.8 Å². The van der Waals surface area contributed by atoms with Gasteiger partial charge in [-0.2, -0.15) is 0 Å². The highest BCUT2D eigenvalue weighted by atomic mass is 16.4. The van der Waals surface area contributed by atoms with E-state index in [4.69, 9.17) is 5.11 Å². The summed E-state index contributed by atoms with van der Waals surface area (Å²) in [5.74, 6) is -0.955. The summed E-state index contributed by atoms with van der Waals surface area (Å²) in [6.07, 6.45) is 5.88. The second-order valence-corrected chi connectivity index (χ2v) is 4.13. The molecule has 5 nitrogen and oxygen atoms in total. The number of aromatic nitrogens is 2. The van der Waals surface area contributed by atoms with Crippen LogP contribution in [0.4, 0.5) is 0 Å². The number of rotatable bonds is 6. The normalized spacial score (nSPS) is 10.3. The lowest BCUT2D eigenvalue weighted by Gasteiger charge is -2.04. The molecule has 2 aromatic heterocycles. The average molecular weight is 257 g/mol. The zero-order valence-electron chi connectivity index (χ0n) is 10.4. The van der Waals surface area contributed by atoms with Crippen molar-refractivity contribution in [2.45, 2.75) is 13.0 Å². The maximum absolute atomic E-state index is 10.7. The van der Waals surface area contributed by atoms with E-state index in [1.807, 2.05) is 18.3 Å². The number of carbonyl (C=O) groups is 1. The first kappa shape index (κ1) is 13.2. The summed E-state index contributed by atoms with van der Waals surface area (Å²) >= 11 is 0. The highest BCUT2D eigenvalue weighted by molar-refractivity contribution is 5.87. The monoisotopic (exact) mass is 257 g/mol. The molecule has 0 saturated carbocycles. The maximum atomic E-state index is 10.7. The summed E-state index contributed by atoms with van der Waals surface area (Å²) in [5.41, 5.74) is 2.22. The van der Waals surface area contributed by atoms with Gasteiger partial charge in [0, 0.05) is 25.1 Å². The van der Waals surface area contributed by atoms with Crippen molar-refractivity contribution in [3.63, 3.8) is 0 Å². The van der Waals surface area contributed by atoms with Gasteiger partial charge in [-0.05, 0) is 36.7 Å². The van der Waals surface area contributed by atoms with Crippen molar-refractivity contribution in [1.82, 2.24) is 15.3 Å². The van der Waals surface area contributed by atoms with Crippen molar-refractivity contribution in [2.24, 2.45) is 0 Å². The lowest BCUT2D eigenvalue weighted by Crippen LogP contribution is -2.17. The van der Waals surface area contributed by atoms with E-state index in [-0.39, 0.29) is 5.56 Å². The van der Waals surface area contributed by atoms with Crippen molar-refractivity contribution in [2.75, 3.05) is 6.54 Å². The van der Waals surface area contributed by atoms with E-state index in [9.17, 15) is 4.79 Å². The second kappa shape index (κ2) is 6.61. The van der Waals surface area contributed by atoms with Gasteiger partial charge in [0.1, 0.15) is 0 Å². The molecule has 0 fully saturated rings. The summed E-state index contributed by atoms with van der Waals surface area (Å²) < 4.78 is 0. The Bertz CT molecular complexity index is 526. The van der Waals surface area contributed by atoms with Gasteiger partial charge < -0.3 is 10.4 Å². The van der Waals surface area contributed by atoms with Gasteiger partial charge in [0.2, 0.25) is 0 Å². The van der Waals surface area contributed by atoms with Gasteiger partial charge in [-0.15, -0.1) is 0 Å². The molecule has 2 heterocycles. The summed E-state index contributed by atoms with van der Waals surface area (Å²) in [6.45, 7) is 1.45. The molecule has 98 valence electrons. The van der Waals surface area contributed by atoms with Gasteiger partial charge in [-0.1, -0.05) is 6.07 Å². The number of nitrogens with one attached hydrogen (secondary N) is 1. The van der Waals surface area contributed by atoms with Crippen LogP contribution in [0, 0.1) is 0 Å². The predicted molar refractivity (Wildman–Crippen MR) is 70.8 cm³/mol. The van der Waals surface area contributed by atoms with Crippen LogP contribution in [0.5, 0.6) is 0 Å². The molecule has 19 heavy (non-hydrogen) atoms. The van der Waals surface area contributed by atoms with E-state index < -0.39 is 5.97 Å². The molecule has 5 heteroatoms. The molecule has 2 rings (SSSR count). The summed E-state index contributed by atoms with van der Waals surface area (Å²) in [6, 6.07) is 7.24. The number of carboxylic acid groups (broad SMARTS) is 1. The summed E-state index contributed by atoms with van der Waals surface area (Å²) in [4.78, 5) is 18.8. The fourth-order valence-electron chi connectivity index (χ4n) is 1.65. The minimum absolute atomic E-state index is 0.208. The number of nitrogens with zero attached hydrogens (tertiary/aromatic N) is 2. The Hall–Kier alpha value is -2.27. The van der Waals surface area contributed by atoms with Crippen molar-refractivity contribution in [3.8, 4) is 0 Å². The topological polar surface area (TPSA) is 75.1 Å². The average Bonchev–Trinajstić information content (AvgIpc) is 2.45. The SMILES string of the molecule is O=C(O)c1ccc(CNCCc2cccnc2)nc1. The molecule has 0 atom stereocenters. The Morgan fingerprint density at radius 1 is 1.26 bits per heavy atom. The molecule has 0 radical (unpaired) electrons. The summed E-state index contributed by atoms with van der Waals surface area (Å²) in [5, 5.41) is 12.0. The molecule has 0 aromatic carbocycles. The zero-order chi connectivity index (χ0) is 13.5. The van der Waals surface area contributed by atoms with E-state index in [2.05, 4.69) is 15.3 Å². The molecule has 0 bridgehead atoms. The first-order valence-corrected chi connectivity index (χ1v) is 6.03. The van der Waals surface area contributed by atoms with Gasteiger partial charge in [0.25, 0.3) is 0 Å². The van der Waals surface area contributed by atoms with Crippen LogP contribution in [-0.2, 0) is 13.0 Å². The fourth-order valence-corrected chi connectivity index (χ4v) is 1.65. The molecular weight excluding hydrogens is 242 g/mol. The molecule has 0 amide bonds. The molecule has 0 aliphatic heterocycles. The van der Waals surface area contributed by atoms with Crippen LogP contribution in [0.2, 0.25) is 0 Å². The number of hydrogen-bond donors (Lipinski definition) is 2.